The zero-order chi connectivity index (χ0) is 26.3. The molecular weight excluding hydrogens is 490 g/mol. The Morgan fingerprint density at radius 2 is 1.71 bits per heavy atom. The number of anilines is 1. The van der Waals surface area contributed by atoms with Crippen LogP contribution in [0.1, 0.15) is 50.0 Å². The third-order valence-electron chi connectivity index (χ3n) is 5.69. The van der Waals surface area contributed by atoms with Gasteiger partial charge in [0.05, 0.1) is 11.9 Å². The maximum Gasteiger partial charge on any atom is 0.244 e. The van der Waals surface area contributed by atoms with E-state index in [1.807, 2.05) is 13.8 Å². The highest BCUT2D eigenvalue weighted by Crippen LogP contribution is 2.22. The molecule has 2 aromatic rings. The Labute approximate surface area is 212 Å². The van der Waals surface area contributed by atoms with Crippen molar-refractivity contribution in [3.63, 3.8) is 0 Å². The predicted molar refractivity (Wildman–Crippen MR) is 138 cm³/mol. The summed E-state index contributed by atoms with van der Waals surface area (Å²) in [6, 6.07) is 12.0. The van der Waals surface area contributed by atoms with Crippen molar-refractivity contribution in [1.29, 1.82) is 0 Å². The molecule has 0 fully saturated rings. The van der Waals surface area contributed by atoms with E-state index in [-0.39, 0.29) is 30.0 Å². The highest BCUT2D eigenvalue weighted by atomic mass is 35.5. The number of carbonyl (C=O) groups excluding carboxylic acids is 3. The van der Waals surface area contributed by atoms with Gasteiger partial charge in [-0.25, -0.2) is 8.42 Å². The van der Waals surface area contributed by atoms with Gasteiger partial charge < -0.3 is 10.2 Å². The van der Waals surface area contributed by atoms with E-state index in [0.29, 0.717) is 22.6 Å². The van der Waals surface area contributed by atoms with E-state index in [4.69, 9.17) is 11.6 Å². The lowest BCUT2D eigenvalue weighted by molar-refractivity contribution is -0.139. The van der Waals surface area contributed by atoms with Gasteiger partial charge in [0.25, 0.3) is 0 Å². The van der Waals surface area contributed by atoms with Gasteiger partial charge in [0.1, 0.15) is 12.6 Å². The number of nitrogens with one attached hydrogen (secondary N) is 1. The normalized spacial score (nSPS) is 13.0. The number of rotatable bonds is 11. The smallest absolute Gasteiger partial charge is 0.244 e. The first-order chi connectivity index (χ1) is 16.3. The number of ketones is 1. The minimum Gasteiger partial charge on any atom is -0.352 e. The van der Waals surface area contributed by atoms with Gasteiger partial charge in [0.15, 0.2) is 5.78 Å². The van der Waals surface area contributed by atoms with Crippen molar-refractivity contribution in [2.75, 3.05) is 17.1 Å². The van der Waals surface area contributed by atoms with E-state index in [1.165, 1.54) is 24.0 Å². The molecule has 0 aliphatic rings. The molecule has 0 aliphatic carbocycles. The van der Waals surface area contributed by atoms with E-state index in [1.54, 1.807) is 43.3 Å². The van der Waals surface area contributed by atoms with E-state index in [0.717, 1.165) is 10.6 Å². The maximum absolute atomic E-state index is 13.5. The van der Waals surface area contributed by atoms with Crippen molar-refractivity contribution in [1.82, 2.24) is 10.2 Å². The molecular formula is C25H32ClN3O5S. The van der Waals surface area contributed by atoms with Crippen LogP contribution in [0.25, 0.3) is 0 Å². The molecule has 1 N–H and O–H groups in total. The van der Waals surface area contributed by atoms with Crippen LogP contribution in [0.15, 0.2) is 48.5 Å². The van der Waals surface area contributed by atoms with Crippen molar-refractivity contribution in [3.05, 3.63) is 64.7 Å². The molecule has 10 heteroatoms. The molecule has 2 rings (SSSR count). The summed E-state index contributed by atoms with van der Waals surface area (Å²) >= 11 is 6.31. The molecule has 0 saturated carbocycles. The summed E-state index contributed by atoms with van der Waals surface area (Å²) in [4.78, 5) is 39.6. The standard InChI is InChI=1S/C25H32ClN3O5S/c1-6-17(2)27-25(32)18(3)28(15-21-10-7-8-13-23(21)26)24(31)16-29(35(5,33)34)22-12-9-11-20(14-22)19(4)30/h7-14,17-18H,6,15-16H2,1-5H3,(H,27,32)/t17-,18-/m0/s1. The zero-order valence-corrected chi connectivity index (χ0v) is 22.2. The van der Waals surface area contributed by atoms with Crippen LogP contribution in [0.5, 0.6) is 0 Å². The highest BCUT2D eigenvalue weighted by Gasteiger charge is 2.31. The largest absolute Gasteiger partial charge is 0.352 e. The average molecular weight is 522 g/mol. The molecule has 190 valence electrons. The first kappa shape index (κ1) is 28.3. The molecule has 2 atom stereocenters. The second kappa shape index (κ2) is 12.2. The van der Waals surface area contributed by atoms with E-state index < -0.39 is 28.5 Å². The van der Waals surface area contributed by atoms with Crippen LogP contribution in [-0.2, 0) is 26.2 Å². The second-order valence-corrected chi connectivity index (χ2v) is 10.8. The molecule has 0 saturated heterocycles. The number of amides is 2. The van der Waals surface area contributed by atoms with Crippen molar-refractivity contribution in [3.8, 4) is 0 Å². The van der Waals surface area contributed by atoms with Gasteiger partial charge in [-0.1, -0.05) is 48.9 Å². The van der Waals surface area contributed by atoms with Gasteiger partial charge in [-0.15, -0.1) is 0 Å². The van der Waals surface area contributed by atoms with E-state index >= 15 is 0 Å². The number of carbonyl (C=O) groups is 3. The SMILES string of the molecule is CC[C@H](C)NC(=O)[C@H](C)N(Cc1ccccc1Cl)C(=O)CN(c1cccc(C(C)=O)c1)S(C)(=O)=O. The monoisotopic (exact) mass is 521 g/mol. The minimum atomic E-state index is -3.89. The molecule has 0 aromatic heterocycles. The lowest BCUT2D eigenvalue weighted by Gasteiger charge is -2.32. The maximum atomic E-state index is 13.5. The predicted octanol–water partition coefficient (Wildman–Crippen LogP) is 3.64. The van der Waals surface area contributed by atoms with Gasteiger partial charge in [0, 0.05) is 23.2 Å². The number of benzene rings is 2. The second-order valence-electron chi connectivity index (χ2n) is 8.48. The number of sulfonamides is 1. The topological polar surface area (TPSA) is 104 Å². The quantitative estimate of drug-likeness (QED) is 0.455. The molecule has 0 unspecified atom stereocenters. The molecule has 0 aliphatic heterocycles. The van der Waals surface area contributed by atoms with Crippen LogP contribution >= 0.6 is 11.6 Å². The first-order valence-corrected chi connectivity index (χ1v) is 13.5. The fourth-order valence-electron chi connectivity index (χ4n) is 3.35. The summed E-state index contributed by atoms with van der Waals surface area (Å²) in [6.45, 7) is 6.22. The lowest BCUT2D eigenvalue weighted by atomic mass is 10.1. The summed E-state index contributed by atoms with van der Waals surface area (Å²) in [7, 11) is -3.89. The highest BCUT2D eigenvalue weighted by molar-refractivity contribution is 7.92. The number of halogens is 1. The van der Waals surface area contributed by atoms with Crippen molar-refractivity contribution >= 4 is 44.9 Å². The Bertz CT molecular complexity index is 1190. The Morgan fingerprint density at radius 1 is 1.06 bits per heavy atom. The average Bonchev–Trinajstić information content (AvgIpc) is 2.80. The van der Waals surface area contributed by atoms with E-state index in [9.17, 15) is 22.8 Å². The van der Waals surface area contributed by atoms with Crippen molar-refractivity contribution < 1.29 is 22.8 Å². The molecule has 2 amide bonds. The number of hydrogen-bond acceptors (Lipinski definition) is 5. The molecule has 2 aromatic carbocycles. The third-order valence-corrected chi connectivity index (χ3v) is 7.20. The van der Waals surface area contributed by atoms with Crippen molar-refractivity contribution in [2.24, 2.45) is 0 Å². The zero-order valence-electron chi connectivity index (χ0n) is 20.6. The van der Waals surface area contributed by atoms with Crippen LogP contribution < -0.4 is 9.62 Å². The fourth-order valence-corrected chi connectivity index (χ4v) is 4.39. The lowest BCUT2D eigenvalue weighted by Crippen LogP contribution is -2.52. The summed E-state index contributed by atoms with van der Waals surface area (Å²) in [5.41, 5.74) is 1.12. The van der Waals surface area contributed by atoms with Crippen molar-refractivity contribution in [2.45, 2.75) is 52.7 Å². The van der Waals surface area contributed by atoms with Crippen LogP contribution in [-0.4, -0.2) is 55.8 Å². The van der Waals surface area contributed by atoms with Gasteiger partial charge in [-0.2, -0.15) is 0 Å². The third kappa shape index (κ3) is 7.80. The Hall–Kier alpha value is -2.91. The molecule has 0 bridgehead atoms. The Morgan fingerprint density at radius 3 is 2.29 bits per heavy atom. The van der Waals surface area contributed by atoms with Crippen LogP contribution in [0, 0.1) is 0 Å². The molecule has 0 spiro atoms. The summed E-state index contributed by atoms with van der Waals surface area (Å²) in [6.07, 6.45) is 1.70. The summed E-state index contributed by atoms with van der Waals surface area (Å²) in [5.74, 6) is -1.18. The van der Waals surface area contributed by atoms with Crippen LogP contribution in [0.3, 0.4) is 0 Å². The van der Waals surface area contributed by atoms with Gasteiger partial charge in [-0.05, 0) is 51.0 Å². The Balaban J connectivity index is 2.44. The fraction of sp³-hybridized carbons (Fsp3) is 0.400. The van der Waals surface area contributed by atoms with Gasteiger partial charge in [0.2, 0.25) is 21.8 Å². The Kier molecular flexibility index (Phi) is 9.85. The molecule has 8 nitrogen and oxygen atoms in total. The number of nitrogens with zero attached hydrogens (tertiary/aromatic N) is 2. The summed E-state index contributed by atoms with van der Waals surface area (Å²) in [5, 5.41) is 3.29. The summed E-state index contributed by atoms with van der Waals surface area (Å²) < 4.78 is 26.2. The molecule has 0 heterocycles. The first-order valence-electron chi connectivity index (χ1n) is 11.3. The van der Waals surface area contributed by atoms with Gasteiger partial charge in [-0.3, -0.25) is 18.7 Å². The minimum absolute atomic E-state index is 0.0126. The number of hydrogen-bond donors (Lipinski definition) is 1. The van der Waals surface area contributed by atoms with Crippen LogP contribution in [0.4, 0.5) is 5.69 Å². The number of Topliss-reactive ketones (excluding diaryl/α,β-unsaturated/α-hetero) is 1. The van der Waals surface area contributed by atoms with Gasteiger partial charge >= 0.3 is 0 Å². The van der Waals surface area contributed by atoms with Crippen LogP contribution in [0.2, 0.25) is 5.02 Å². The molecule has 35 heavy (non-hydrogen) atoms. The van der Waals surface area contributed by atoms with E-state index in [2.05, 4.69) is 5.32 Å². The molecule has 0 radical (unpaired) electrons.